The van der Waals surface area contributed by atoms with Gasteiger partial charge in [-0.1, -0.05) is 34.1 Å². The summed E-state index contributed by atoms with van der Waals surface area (Å²) in [6.07, 6.45) is 2.43. The Morgan fingerprint density at radius 1 is 1.00 bits per heavy atom. The molecular weight excluding hydrogens is 432 g/mol. The van der Waals surface area contributed by atoms with Crippen molar-refractivity contribution >= 4 is 32.6 Å². The second-order valence-electron chi connectivity index (χ2n) is 7.26. The first kappa shape index (κ1) is 19.8. The van der Waals surface area contributed by atoms with Gasteiger partial charge in [0.25, 0.3) is 11.5 Å². The van der Waals surface area contributed by atoms with E-state index in [9.17, 15) is 9.59 Å². The van der Waals surface area contributed by atoms with Gasteiger partial charge in [0.15, 0.2) is 0 Å². The monoisotopic (exact) mass is 454 g/mol. The number of nitrogens with one attached hydrogen (secondary N) is 1. The first-order valence-corrected chi connectivity index (χ1v) is 10.7. The van der Waals surface area contributed by atoms with Gasteiger partial charge in [0.2, 0.25) is 0 Å². The molecule has 7 heteroatoms. The van der Waals surface area contributed by atoms with E-state index in [0.29, 0.717) is 23.2 Å². The molecule has 1 fully saturated rings. The second-order valence-corrected chi connectivity index (χ2v) is 8.17. The molecule has 29 heavy (non-hydrogen) atoms. The minimum atomic E-state index is -0.168. The lowest BCUT2D eigenvalue weighted by Gasteiger charge is -2.16. The summed E-state index contributed by atoms with van der Waals surface area (Å²) in [7, 11) is 0. The lowest BCUT2D eigenvalue weighted by atomic mass is 10.1. The molecule has 1 N–H and O–H groups in total. The van der Waals surface area contributed by atoms with E-state index in [1.807, 2.05) is 36.4 Å². The van der Waals surface area contributed by atoms with E-state index in [1.165, 1.54) is 12.8 Å². The third-order valence-electron chi connectivity index (χ3n) is 5.29. The summed E-state index contributed by atoms with van der Waals surface area (Å²) >= 11 is 3.37. The Morgan fingerprint density at radius 2 is 1.69 bits per heavy atom. The lowest BCUT2D eigenvalue weighted by Crippen LogP contribution is -2.32. The molecule has 0 aliphatic carbocycles. The third-order valence-corrected chi connectivity index (χ3v) is 5.82. The van der Waals surface area contributed by atoms with Crippen LogP contribution in [0.15, 0.2) is 57.8 Å². The van der Waals surface area contributed by atoms with Crippen molar-refractivity contribution in [3.8, 4) is 0 Å². The van der Waals surface area contributed by atoms with Gasteiger partial charge in [0, 0.05) is 22.0 Å². The van der Waals surface area contributed by atoms with Crippen LogP contribution in [0.4, 0.5) is 0 Å². The van der Waals surface area contributed by atoms with Gasteiger partial charge in [0.05, 0.1) is 24.2 Å². The van der Waals surface area contributed by atoms with Crippen LogP contribution >= 0.6 is 15.9 Å². The predicted molar refractivity (Wildman–Crippen MR) is 117 cm³/mol. The number of aromatic nitrogens is 2. The van der Waals surface area contributed by atoms with Crippen LogP contribution < -0.4 is 10.9 Å². The largest absolute Gasteiger partial charge is 0.346 e. The Labute approximate surface area is 177 Å². The molecule has 0 radical (unpaired) electrons. The van der Waals surface area contributed by atoms with Crippen LogP contribution in [0.25, 0.3) is 10.8 Å². The Balaban J connectivity index is 1.56. The van der Waals surface area contributed by atoms with Gasteiger partial charge >= 0.3 is 0 Å². The average Bonchev–Trinajstić information content (AvgIpc) is 3.26. The Hall–Kier alpha value is -2.51. The fourth-order valence-electron chi connectivity index (χ4n) is 3.70. The molecule has 1 aromatic heterocycles. The van der Waals surface area contributed by atoms with Crippen LogP contribution in [0.5, 0.6) is 0 Å². The van der Waals surface area contributed by atoms with E-state index in [1.54, 1.807) is 16.8 Å². The predicted octanol–water partition coefficient (Wildman–Crippen LogP) is 3.18. The van der Waals surface area contributed by atoms with Gasteiger partial charge in [0.1, 0.15) is 0 Å². The minimum absolute atomic E-state index is 0.0808. The van der Waals surface area contributed by atoms with Gasteiger partial charge in [-0.3, -0.25) is 9.59 Å². The van der Waals surface area contributed by atoms with E-state index in [4.69, 9.17) is 0 Å². The van der Waals surface area contributed by atoms with Gasteiger partial charge < -0.3 is 10.2 Å². The fraction of sp³-hybridized carbons (Fsp3) is 0.318. The van der Waals surface area contributed by atoms with E-state index in [-0.39, 0.29) is 18.0 Å². The third kappa shape index (κ3) is 4.57. The number of likely N-dealkylation sites (tertiary alicyclic amines) is 1. The van der Waals surface area contributed by atoms with Crippen LogP contribution in [-0.2, 0) is 13.1 Å². The number of carbonyl (C=O) groups is 1. The van der Waals surface area contributed by atoms with Gasteiger partial charge in [-0.25, -0.2) is 4.68 Å². The molecule has 0 spiro atoms. The van der Waals surface area contributed by atoms with Crippen molar-refractivity contribution in [2.75, 3.05) is 19.6 Å². The molecule has 0 unspecified atom stereocenters. The van der Waals surface area contributed by atoms with Crippen molar-refractivity contribution in [1.82, 2.24) is 20.0 Å². The van der Waals surface area contributed by atoms with Crippen molar-refractivity contribution in [1.29, 1.82) is 0 Å². The number of halogens is 1. The quantitative estimate of drug-likeness (QED) is 0.620. The highest BCUT2D eigenvalue weighted by Gasteiger charge is 2.15. The Kier molecular flexibility index (Phi) is 6.06. The zero-order valence-corrected chi connectivity index (χ0v) is 17.7. The first-order valence-electron chi connectivity index (χ1n) is 9.87. The summed E-state index contributed by atoms with van der Waals surface area (Å²) < 4.78 is 2.47. The molecule has 0 bridgehead atoms. The van der Waals surface area contributed by atoms with E-state index >= 15 is 0 Å². The van der Waals surface area contributed by atoms with Gasteiger partial charge in [-0.05, 0) is 56.3 Å². The molecule has 2 aromatic carbocycles. The summed E-state index contributed by atoms with van der Waals surface area (Å²) in [6.45, 7) is 3.80. The number of benzene rings is 2. The number of fused-ring (bicyclic) bond motifs is 1. The molecule has 1 amide bonds. The van der Waals surface area contributed by atoms with E-state index in [2.05, 4.69) is 31.2 Å². The first-order chi connectivity index (χ1) is 14.1. The van der Waals surface area contributed by atoms with Crippen molar-refractivity contribution in [2.45, 2.75) is 25.9 Å². The molecule has 150 valence electrons. The molecule has 4 rings (SSSR count). The molecule has 3 aromatic rings. The Bertz CT molecular complexity index is 1070. The van der Waals surface area contributed by atoms with Crippen LogP contribution in [-0.4, -0.2) is 40.2 Å². The van der Waals surface area contributed by atoms with Crippen molar-refractivity contribution in [2.24, 2.45) is 0 Å². The molecule has 6 nitrogen and oxygen atoms in total. The standard InChI is InChI=1S/C22H23BrN4O2/c23-17-9-7-16(8-10-17)21(28)24-15-20-18-5-1-2-6-19(18)22(29)27(25-20)14-13-26-11-3-4-12-26/h1-2,5-10H,3-4,11-15H2,(H,24,28). The van der Waals surface area contributed by atoms with Crippen LogP contribution in [0.1, 0.15) is 28.9 Å². The summed E-state index contributed by atoms with van der Waals surface area (Å²) in [4.78, 5) is 27.7. The SMILES string of the molecule is O=C(NCc1nn(CCN2CCCC2)c(=O)c2ccccc12)c1ccc(Br)cc1. The molecular formula is C22H23BrN4O2. The lowest BCUT2D eigenvalue weighted by molar-refractivity contribution is 0.0950. The second kappa shape index (κ2) is 8.88. The van der Waals surface area contributed by atoms with Crippen molar-refractivity contribution < 1.29 is 4.79 Å². The normalized spacial score (nSPS) is 14.4. The van der Waals surface area contributed by atoms with Crippen molar-refractivity contribution in [3.05, 3.63) is 74.6 Å². The number of rotatable bonds is 6. The van der Waals surface area contributed by atoms with Crippen LogP contribution in [0.3, 0.4) is 0 Å². The summed E-state index contributed by atoms with van der Waals surface area (Å²) in [6, 6.07) is 14.7. The fourth-order valence-corrected chi connectivity index (χ4v) is 3.96. The highest BCUT2D eigenvalue weighted by Crippen LogP contribution is 2.15. The topological polar surface area (TPSA) is 67.2 Å². The molecule has 1 aliphatic heterocycles. The molecule has 2 heterocycles. The zero-order chi connectivity index (χ0) is 20.2. The number of hydrogen-bond acceptors (Lipinski definition) is 4. The summed E-state index contributed by atoms with van der Waals surface area (Å²) in [5, 5.41) is 8.94. The number of hydrogen-bond donors (Lipinski definition) is 1. The highest BCUT2D eigenvalue weighted by molar-refractivity contribution is 9.10. The van der Waals surface area contributed by atoms with E-state index in [0.717, 1.165) is 29.5 Å². The number of carbonyl (C=O) groups excluding carboxylic acids is 1. The maximum absolute atomic E-state index is 12.9. The molecule has 1 aliphatic rings. The highest BCUT2D eigenvalue weighted by atomic mass is 79.9. The average molecular weight is 455 g/mol. The molecule has 1 saturated heterocycles. The number of nitrogens with zero attached hydrogens (tertiary/aromatic N) is 3. The van der Waals surface area contributed by atoms with Crippen molar-refractivity contribution in [3.63, 3.8) is 0 Å². The maximum Gasteiger partial charge on any atom is 0.274 e. The smallest absolute Gasteiger partial charge is 0.274 e. The van der Waals surface area contributed by atoms with Gasteiger partial charge in [-0.15, -0.1) is 0 Å². The molecule has 0 saturated carbocycles. The maximum atomic E-state index is 12.9. The number of amides is 1. The zero-order valence-electron chi connectivity index (χ0n) is 16.1. The summed E-state index contributed by atoms with van der Waals surface area (Å²) in [5.41, 5.74) is 1.20. The summed E-state index contributed by atoms with van der Waals surface area (Å²) in [5.74, 6) is -0.168. The molecule has 0 atom stereocenters. The van der Waals surface area contributed by atoms with Crippen LogP contribution in [0, 0.1) is 0 Å². The van der Waals surface area contributed by atoms with E-state index < -0.39 is 0 Å². The minimum Gasteiger partial charge on any atom is -0.346 e. The van der Waals surface area contributed by atoms with Crippen LogP contribution in [0.2, 0.25) is 0 Å². The van der Waals surface area contributed by atoms with Gasteiger partial charge in [-0.2, -0.15) is 5.10 Å². The Morgan fingerprint density at radius 3 is 2.41 bits per heavy atom.